The molecule has 0 heterocycles. The van der Waals surface area contributed by atoms with Gasteiger partial charge in [-0.15, -0.1) is 23.2 Å². The van der Waals surface area contributed by atoms with Gasteiger partial charge in [0.25, 0.3) is 5.91 Å². The summed E-state index contributed by atoms with van der Waals surface area (Å²) in [6.45, 7) is 1.50. The first-order chi connectivity index (χ1) is 9.13. The Balaban J connectivity index is 3.10. The first-order valence-electron chi connectivity index (χ1n) is 5.44. The average molecular weight is 332 g/mol. The molecule has 0 bridgehead atoms. The molecule has 112 valence electrons. The first kappa shape index (κ1) is 17.0. The van der Waals surface area contributed by atoms with Crippen LogP contribution in [-0.2, 0) is 6.18 Å². The van der Waals surface area contributed by atoms with E-state index in [1.807, 2.05) is 0 Å². The Hall–Kier alpha value is -1.01. The fourth-order valence-corrected chi connectivity index (χ4v) is 1.74. The van der Waals surface area contributed by atoms with E-state index in [4.69, 9.17) is 23.2 Å². The summed E-state index contributed by atoms with van der Waals surface area (Å²) in [4.78, 5) is 11.8. The number of amides is 1. The molecule has 0 aromatic heterocycles. The summed E-state index contributed by atoms with van der Waals surface area (Å²) >= 11 is 11.2. The lowest BCUT2D eigenvalue weighted by Crippen LogP contribution is -2.49. The number of alkyl halides is 5. The molecule has 0 atom stereocenters. The maximum atomic E-state index is 13.5. The topological polar surface area (TPSA) is 29.1 Å². The Morgan fingerprint density at radius 3 is 2.25 bits per heavy atom. The van der Waals surface area contributed by atoms with Gasteiger partial charge in [-0.25, -0.2) is 4.39 Å². The van der Waals surface area contributed by atoms with Gasteiger partial charge < -0.3 is 5.32 Å². The average Bonchev–Trinajstić information content (AvgIpc) is 2.37. The van der Waals surface area contributed by atoms with Gasteiger partial charge in [0.05, 0.1) is 16.7 Å². The van der Waals surface area contributed by atoms with Gasteiger partial charge in [0, 0.05) is 11.8 Å². The lowest BCUT2D eigenvalue weighted by atomic mass is 10.1. The van der Waals surface area contributed by atoms with Crippen molar-refractivity contribution in [3.05, 3.63) is 35.1 Å². The number of carbonyl (C=O) groups is 1. The molecule has 1 aromatic rings. The largest absolute Gasteiger partial charge is 0.416 e. The van der Waals surface area contributed by atoms with Gasteiger partial charge in [-0.3, -0.25) is 4.79 Å². The molecule has 0 saturated carbocycles. The fourth-order valence-electron chi connectivity index (χ4n) is 1.32. The standard InChI is InChI=1S/C12H11Cl2F4NO/c1-11(5-13,6-14)19-10(20)8-4-7(12(16,17)18)2-3-9(8)15/h2-4H,5-6H2,1H3,(H,19,20). The Kier molecular flexibility index (Phi) is 5.27. The zero-order valence-corrected chi connectivity index (χ0v) is 11.8. The number of carbonyl (C=O) groups excluding carboxylic acids is 1. The van der Waals surface area contributed by atoms with E-state index in [-0.39, 0.29) is 11.8 Å². The van der Waals surface area contributed by atoms with E-state index in [9.17, 15) is 22.4 Å². The van der Waals surface area contributed by atoms with E-state index in [2.05, 4.69) is 5.32 Å². The highest BCUT2D eigenvalue weighted by molar-refractivity contribution is 6.22. The van der Waals surface area contributed by atoms with Crippen molar-refractivity contribution in [1.82, 2.24) is 5.32 Å². The van der Waals surface area contributed by atoms with Crippen LogP contribution in [0.5, 0.6) is 0 Å². The van der Waals surface area contributed by atoms with Crippen molar-refractivity contribution in [1.29, 1.82) is 0 Å². The minimum atomic E-state index is -4.66. The van der Waals surface area contributed by atoms with Gasteiger partial charge in [-0.1, -0.05) is 0 Å². The van der Waals surface area contributed by atoms with Gasteiger partial charge in [-0.05, 0) is 25.1 Å². The minimum Gasteiger partial charge on any atom is -0.344 e. The van der Waals surface area contributed by atoms with Crippen LogP contribution in [0.4, 0.5) is 17.6 Å². The summed E-state index contributed by atoms with van der Waals surface area (Å²) < 4.78 is 51.1. The normalized spacial score (nSPS) is 12.3. The van der Waals surface area contributed by atoms with Crippen LogP contribution in [0.1, 0.15) is 22.8 Å². The molecule has 0 unspecified atom stereocenters. The molecular weight excluding hydrogens is 321 g/mol. The Morgan fingerprint density at radius 1 is 1.25 bits per heavy atom. The number of benzene rings is 1. The molecule has 8 heteroatoms. The van der Waals surface area contributed by atoms with Gasteiger partial charge in [0.1, 0.15) is 5.82 Å². The second kappa shape index (κ2) is 6.18. The van der Waals surface area contributed by atoms with Crippen LogP contribution >= 0.6 is 23.2 Å². The fraction of sp³-hybridized carbons (Fsp3) is 0.417. The summed E-state index contributed by atoms with van der Waals surface area (Å²) in [5.41, 5.74) is -2.86. The van der Waals surface area contributed by atoms with Crippen LogP contribution in [0.2, 0.25) is 0 Å². The first-order valence-corrected chi connectivity index (χ1v) is 6.51. The third kappa shape index (κ3) is 3.99. The van der Waals surface area contributed by atoms with Gasteiger partial charge in [0.2, 0.25) is 0 Å². The zero-order valence-electron chi connectivity index (χ0n) is 10.3. The quantitative estimate of drug-likeness (QED) is 0.659. The van der Waals surface area contributed by atoms with E-state index in [0.717, 1.165) is 0 Å². The maximum Gasteiger partial charge on any atom is 0.416 e. The van der Waals surface area contributed by atoms with Crippen molar-refractivity contribution >= 4 is 29.1 Å². The molecule has 0 aliphatic rings. The molecule has 0 aliphatic heterocycles. The van der Waals surface area contributed by atoms with E-state index in [1.165, 1.54) is 6.92 Å². The smallest absolute Gasteiger partial charge is 0.344 e. The molecule has 0 saturated heterocycles. The van der Waals surface area contributed by atoms with Crippen LogP contribution in [0, 0.1) is 5.82 Å². The molecular formula is C12H11Cl2F4NO. The minimum absolute atomic E-state index is 0.0666. The van der Waals surface area contributed by atoms with E-state index in [1.54, 1.807) is 0 Å². The van der Waals surface area contributed by atoms with Crippen molar-refractivity contribution in [2.24, 2.45) is 0 Å². The van der Waals surface area contributed by atoms with Crippen molar-refractivity contribution in [3.63, 3.8) is 0 Å². The van der Waals surface area contributed by atoms with Gasteiger partial charge in [-0.2, -0.15) is 13.2 Å². The molecule has 20 heavy (non-hydrogen) atoms. The molecule has 2 nitrogen and oxygen atoms in total. The highest BCUT2D eigenvalue weighted by Crippen LogP contribution is 2.30. The lowest BCUT2D eigenvalue weighted by Gasteiger charge is -2.26. The number of halogens is 6. The van der Waals surface area contributed by atoms with Crippen LogP contribution in [-0.4, -0.2) is 23.2 Å². The van der Waals surface area contributed by atoms with Crippen molar-refractivity contribution in [2.75, 3.05) is 11.8 Å². The van der Waals surface area contributed by atoms with E-state index >= 15 is 0 Å². The predicted octanol–water partition coefficient (Wildman–Crippen LogP) is 3.81. The summed E-state index contributed by atoms with van der Waals surface area (Å²) in [6.07, 6.45) is -4.66. The van der Waals surface area contributed by atoms with Gasteiger partial charge >= 0.3 is 6.18 Å². The Bertz CT molecular complexity index is 501. The third-order valence-corrected chi connectivity index (χ3v) is 3.72. The highest BCUT2D eigenvalue weighted by Gasteiger charge is 2.33. The second-order valence-electron chi connectivity index (χ2n) is 4.47. The molecule has 1 N–H and O–H groups in total. The maximum absolute atomic E-state index is 13.5. The van der Waals surface area contributed by atoms with Crippen molar-refractivity contribution < 1.29 is 22.4 Å². The Morgan fingerprint density at radius 2 is 1.80 bits per heavy atom. The summed E-state index contributed by atoms with van der Waals surface area (Å²) in [5, 5.41) is 2.32. The SMILES string of the molecule is CC(CCl)(CCl)NC(=O)c1cc(C(F)(F)F)ccc1F. The number of hydrogen-bond acceptors (Lipinski definition) is 1. The van der Waals surface area contributed by atoms with E-state index < -0.39 is 34.6 Å². The van der Waals surface area contributed by atoms with Gasteiger partial charge in [0.15, 0.2) is 0 Å². The Labute approximate surface area is 123 Å². The monoisotopic (exact) mass is 331 g/mol. The molecule has 1 aromatic carbocycles. The van der Waals surface area contributed by atoms with Crippen LogP contribution in [0.3, 0.4) is 0 Å². The third-order valence-electron chi connectivity index (χ3n) is 2.54. The highest BCUT2D eigenvalue weighted by atomic mass is 35.5. The molecule has 1 rings (SSSR count). The second-order valence-corrected chi connectivity index (χ2v) is 5.01. The van der Waals surface area contributed by atoms with Crippen LogP contribution < -0.4 is 5.32 Å². The molecule has 0 aliphatic carbocycles. The van der Waals surface area contributed by atoms with Crippen molar-refractivity contribution in [3.8, 4) is 0 Å². The summed E-state index contributed by atoms with van der Waals surface area (Å²) in [5.74, 6) is -2.19. The van der Waals surface area contributed by atoms with E-state index in [0.29, 0.717) is 18.2 Å². The predicted molar refractivity (Wildman–Crippen MR) is 68.7 cm³/mol. The number of nitrogens with one attached hydrogen (secondary N) is 1. The van der Waals surface area contributed by atoms with Crippen molar-refractivity contribution in [2.45, 2.75) is 18.6 Å². The molecule has 0 fully saturated rings. The summed E-state index contributed by atoms with van der Waals surface area (Å²) in [7, 11) is 0. The molecule has 0 spiro atoms. The zero-order chi connectivity index (χ0) is 15.6. The molecule has 0 radical (unpaired) electrons. The molecule has 1 amide bonds. The van der Waals surface area contributed by atoms with Crippen LogP contribution in [0.15, 0.2) is 18.2 Å². The number of rotatable bonds is 4. The number of hydrogen-bond donors (Lipinski definition) is 1. The summed E-state index contributed by atoms with van der Waals surface area (Å²) in [6, 6.07) is 1.61. The lowest BCUT2D eigenvalue weighted by molar-refractivity contribution is -0.137. The van der Waals surface area contributed by atoms with Crippen LogP contribution in [0.25, 0.3) is 0 Å².